The Kier molecular flexibility index (Phi) is 3.30. The molecule has 1 aliphatic heterocycles. The molecule has 24 heavy (non-hydrogen) atoms. The molecule has 1 aliphatic rings. The quantitative estimate of drug-likeness (QED) is 0.775. The van der Waals surface area contributed by atoms with Crippen LogP contribution in [0.15, 0.2) is 33.9 Å². The SMILES string of the molecule is CCc1ccc(N2CCCn3c2nc2c3c(=O)[nH]c(=O)n2C)cc1. The molecule has 0 bridgehead atoms. The van der Waals surface area contributed by atoms with Crippen LogP contribution in [-0.4, -0.2) is 25.6 Å². The van der Waals surface area contributed by atoms with Crippen LogP contribution in [0.1, 0.15) is 18.9 Å². The standard InChI is InChI=1S/C17H19N5O2/c1-3-11-5-7-12(8-6-11)21-9-4-10-22-13-14(18-16(21)22)20(2)17(24)19-15(13)23/h5-8H,3-4,9-10H2,1-2H3,(H,19,23,24). The van der Waals surface area contributed by atoms with E-state index in [2.05, 4.69) is 46.1 Å². The summed E-state index contributed by atoms with van der Waals surface area (Å²) in [6.45, 7) is 3.68. The first kappa shape index (κ1) is 14.7. The third-order valence-corrected chi connectivity index (χ3v) is 4.65. The van der Waals surface area contributed by atoms with Gasteiger partial charge < -0.3 is 9.47 Å². The lowest BCUT2D eigenvalue weighted by atomic mass is 10.1. The number of anilines is 2. The normalized spacial score (nSPS) is 14.2. The first-order valence-corrected chi connectivity index (χ1v) is 8.16. The Morgan fingerprint density at radius 2 is 1.92 bits per heavy atom. The van der Waals surface area contributed by atoms with Crippen LogP contribution in [0.25, 0.3) is 11.2 Å². The van der Waals surface area contributed by atoms with Crippen LogP contribution in [-0.2, 0) is 20.0 Å². The number of aromatic nitrogens is 4. The van der Waals surface area contributed by atoms with E-state index < -0.39 is 5.69 Å². The molecule has 0 aliphatic carbocycles. The fourth-order valence-electron chi connectivity index (χ4n) is 3.28. The van der Waals surface area contributed by atoms with Crippen LogP contribution in [0, 0.1) is 0 Å². The van der Waals surface area contributed by atoms with Crippen molar-refractivity contribution >= 4 is 22.8 Å². The molecule has 2 aromatic heterocycles. The predicted molar refractivity (Wildman–Crippen MR) is 93.0 cm³/mol. The summed E-state index contributed by atoms with van der Waals surface area (Å²) in [5, 5.41) is 0. The number of imidazole rings is 1. The molecule has 4 rings (SSSR count). The molecule has 124 valence electrons. The van der Waals surface area contributed by atoms with Gasteiger partial charge in [0.05, 0.1) is 0 Å². The molecular weight excluding hydrogens is 306 g/mol. The fourth-order valence-corrected chi connectivity index (χ4v) is 3.28. The molecular formula is C17H19N5O2. The van der Waals surface area contributed by atoms with E-state index >= 15 is 0 Å². The number of nitrogens with one attached hydrogen (secondary N) is 1. The average Bonchev–Trinajstić information content (AvgIpc) is 3.00. The third-order valence-electron chi connectivity index (χ3n) is 4.65. The molecule has 0 fully saturated rings. The molecule has 0 radical (unpaired) electrons. The maximum atomic E-state index is 12.3. The Hall–Kier alpha value is -2.83. The zero-order valence-electron chi connectivity index (χ0n) is 13.7. The lowest BCUT2D eigenvalue weighted by Crippen LogP contribution is -2.31. The minimum absolute atomic E-state index is 0.380. The van der Waals surface area contributed by atoms with E-state index in [9.17, 15) is 9.59 Å². The molecule has 1 N–H and O–H groups in total. The van der Waals surface area contributed by atoms with Crippen molar-refractivity contribution in [1.82, 2.24) is 19.1 Å². The van der Waals surface area contributed by atoms with Gasteiger partial charge in [0, 0.05) is 25.8 Å². The van der Waals surface area contributed by atoms with E-state index in [0.29, 0.717) is 17.1 Å². The monoisotopic (exact) mass is 325 g/mol. The first-order chi connectivity index (χ1) is 11.6. The van der Waals surface area contributed by atoms with Gasteiger partial charge in [-0.1, -0.05) is 19.1 Å². The van der Waals surface area contributed by atoms with E-state index in [0.717, 1.165) is 31.6 Å². The Bertz CT molecular complexity index is 1030. The van der Waals surface area contributed by atoms with Crippen molar-refractivity contribution in [2.75, 3.05) is 11.4 Å². The van der Waals surface area contributed by atoms with Gasteiger partial charge in [0.1, 0.15) is 0 Å². The molecule has 0 unspecified atom stereocenters. The van der Waals surface area contributed by atoms with Crippen LogP contribution < -0.4 is 16.1 Å². The van der Waals surface area contributed by atoms with Gasteiger partial charge in [-0.25, -0.2) is 4.79 Å². The number of aromatic amines is 1. The first-order valence-electron chi connectivity index (χ1n) is 8.16. The summed E-state index contributed by atoms with van der Waals surface area (Å²) in [4.78, 5) is 33.2. The Balaban J connectivity index is 1.93. The summed E-state index contributed by atoms with van der Waals surface area (Å²) < 4.78 is 3.30. The highest BCUT2D eigenvalue weighted by molar-refractivity contribution is 5.76. The third kappa shape index (κ3) is 2.08. The van der Waals surface area contributed by atoms with Crippen molar-refractivity contribution in [2.45, 2.75) is 26.3 Å². The maximum absolute atomic E-state index is 12.3. The number of hydrogen-bond acceptors (Lipinski definition) is 4. The Labute approximate surface area is 138 Å². The van der Waals surface area contributed by atoms with Crippen molar-refractivity contribution in [3.63, 3.8) is 0 Å². The van der Waals surface area contributed by atoms with Crippen LogP contribution >= 0.6 is 0 Å². The van der Waals surface area contributed by atoms with Gasteiger partial charge in [-0.3, -0.25) is 14.3 Å². The smallest absolute Gasteiger partial charge is 0.312 e. The van der Waals surface area contributed by atoms with Crippen molar-refractivity contribution in [2.24, 2.45) is 7.05 Å². The number of rotatable bonds is 2. The molecule has 7 heteroatoms. The average molecular weight is 325 g/mol. The zero-order valence-corrected chi connectivity index (χ0v) is 13.7. The molecule has 3 heterocycles. The molecule has 0 saturated carbocycles. The molecule has 0 spiro atoms. The fraction of sp³-hybridized carbons (Fsp3) is 0.353. The summed E-state index contributed by atoms with van der Waals surface area (Å²) >= 11 is 0. The van der Waals surface area contributed by atoms with E-state index in [-0.39, 0.29) is 5.56 Å². The van der Waals surface area contributed by atoms with Crippen LogP contribution in [0.5, 0.6) is 0 Å². The number of hydrogen-bond donors (Lipinski definition) is 1. The summed E-state index contributed by atoms with van der Waals surface area (Å²) in [6.07, 6.45) is 1.91. The second kappa shape index (κ2) is 5.36. The largest absolute Gasteiger partial charge is 0.329 e. The summed E-state index contributed by atoms with van der Waals surface area (Å²) in [6, 6.07) is 8.38. The number of H-pyrrole nitrogens is 1. The highest BCUT2D eigenvalue weighted by Crippen LogP contribution is 2.30. The van der Waals surface area contributed by atoms with Gasteiger partial charge in [-0.2, -0.15) is 4.98 Å². The number of fused-ring (bicyclic) bond motifs is 3. The van der Waals surface area contributed by atoms with E-state index in [4.69, 9.17) is 0 Å². The van der Waals surface area contributed by atoms with Crippen LogP contribution in [0.3, 0.4) is 0 Å². The second-order valence-corrected chi connectivity index (χ2v) is 6.08. The molecule has 0 saturated heterocycles. The lowest BCUT2D eigenvalue weighted by Gasteiger charge is -2.29. The molecule has 0 amide bonds. The molecule has 1 aromatic carbocycles. The van der Waals surface area contributed by atoms with Crippen LogP contribution in [0.2, 0.25) is 0 Å². The van der Waals surface area contributed by atoms with E-state index in [1.165, 1.54) is 10.1 Å². The predicted octanol–water partition coefficient (Wildman–Crippen LogP) is 1.53. The van der Waals surface area contributed by atoms with Gasteiger partial charge in [0.25, 0.3) is 5.56 Å². The zero-order chi connectivity index (χ0) is 16.8. The highest BCUT2D eigenvalue weighted by atomic mass is 16.2. The number of nitrogens with zero attached hydrogens (tertiary/aromatic N) is 4. The van der Waals surface area contributed by atoms with E-state index in [1.807, 2.05) is 4.57 Å². The van der Waals surface area contributed by atoms with Gasteiger partial charge in [0.15, 0.2) is 11.2 Å². The molecule has 3 aromatic rings. The van der Waals surface area contributed by atoms with Crippen molar-refractivity contribution in [3.05, 3.63) is 50.7 Å². The Morgan fingerprint density at radius 1 is 1.17 bits per heavy atom. The minimum Gasteiger partial charge on any atom is -0.312 e. The summed E-state index contributed by atoms with van der Waals surface area (Å²) in [5.74, 6) is 0.715. The minimum atomic E-state index is -0.443. The van der Waals surface area contributed by atoms with Crippen molar-refractivity contribution in [3.8, 4) is 0 Å². The molecule has 0 atom stereocenters. The van der Waals surface area contributed by atoms with Crippen LogP contribution in [0.4, 0.5) is 11.6 Å². The number of aryl methyl sites for hydroxylation is 3. The summed E-state index contributed by atoms with van der Waals surface area (Å²) in [7, 11) is 1.63. The van der Waals surface area contributed by atoms with Gasteiger partial charge in [-0.15, -0.1) is 0 Å². The summed E-state index contributed by atoms with van der Waals surface area (Å²) in [5.41, 5.74) is 2.39. The maximum Gasteiger partial charge on any atom is 0.329 e. The van der Waals surface area contributed by atoms with Crippen molar-refractivity contribution < 1.29 is 0 Å². The van der Waals surface area contributed by atoms with E-state index in [1.54, 1.807) is 7.05 Å². The lowest BCUT2D eigenvalue weighted by molar-refractivity contribution is 0.602. The Morgan fingerprint density at radius 3 is 2.62 bits per heavy atom. The molecule has 7 nitrogen and oxygen atoms in total. The van der Waals surface area contributed by atoms with Gasteiger partial charge >= 0.3 is 5.69 Å². The second-order valence-electron chi connectivity index (χ2n) is 6.08. The number of benzene rings is 1. The topological polar surface area (TPSA) is 75.9 Å². The van der Waals surface area contributed by atoms with Crippen molar-refractivity contribution in [1.29, 1.82) is 0 Å². The van der Waals surface area contributed by atoms with Gasteiger partial charge in [-0.05, 0) is 30.5 Å². The highest BCUT2D eigenvalue weighted by Gasteiger charge is 2.25. The van der Waals surface area contributed by atoms with Gasteiger partial charge in [0.2, 0.25) is 5.95 Å².